The van der Waals surface area contributed by atoms with Crippen LogP contribution in [0.1, 0.15) is 17.0 Å². The van der Waals surface area contributed by atoms with Crippen molar-refractivity contribution in [3.8, 4) is 34.5 Å². The highest BCUT2D eigenvalue weighted by molar-refractivity contribution is 6.32. The van der Waals surface area contributed by atoms with E-state index in [-0.39, 0.29) is 0 Å². The molecule has 0 saturated carbocycles. The molecule has 2 heterocycles. The number of halogens is 1. The van der Waals surface area contributed by atoms with E-state index in [9.17, 15) is 5.26 Å². The molecule has 4 aromatic rings. The minimum Gasteiger partial charge on any atom is -0.487 e. The molecule has 0 aliphatic heterocycles. The molecule has 0 saturated heterocycles. The number of H-pyrrole nitrogens is 1. The van der Waals surface area contributed by atoms with E-state index in [1.54, 1.807) is 24.4 Å². The number of hydrogen-bond donors (Lipinski definition) is 1. The molecule has 29 heavy (non-hydrogen) atoms. The molecule has 0 unspecified atom stereocenters. The number of benzene rings is 2. The van der Waals surface area contributed by atoms with E-state index in [2.05, 4.69) is 21.0 Å². The number of hydrogen-bond acceptors (Lipinski definition) is 4. The fourth-order valence-corrected chi connectivity index (χ4v) is 3.19. The molecule has 2 aromatic heterocycles. The van der Waals surface area contributed by atoms with Gasteiger partial charge in [-0.1, -0.05) is 48.0 Å². The van der Waals surface area contributed by atoms with Crippen molar-refractivity contribution in [3.05, 3.63) is 88.8 Å². The second kappa shape index (κ2) is 8.17. The molecule has 1 N–H and O–H groups in total. The van der Waals surface area contributed by atoms with Gasteiger partial charge >= 0.3 is 0 Å². The first-order valence-electron chi connectivity index (χ1n) is 9.04. The van der Waals surface area contributed by atoms with Crippen LogP contribution in [0.15, 0.2) is 66.9 Å². The topological polar surface area (TPSA) is 74.6 Å². The van der Waals surface area contributed by atoms with Crippen molar-refractivity contribution in [2.24, 2.45) is 0 Å². The van der Waals surface area contributed by atoms with Gasteiger partial charge in [-0.2, -0.15) is 5.26 Å². The lowest BCUT2D eigenvalue weighted by Gasteiger charge is -2.10. The molecule has 0 atom stereocenters. The zero-order valence-electron chi connectivity index (χ0n) is 15.7. The lowest BCUT2D eigenvalue weighted by Crippen LogP contribution is -1.96. The standard InChI is InChI=1S/C23H17ClN4O/c1-15-27-22(23(28-15)20-11-17(13-25)9-10-26-20)18-7-8-19(24)21(12-18)29-14-16-5-3-2-4-6-16/h2-12H,14H2,1H3,(H,27,28). The highest BCUT2D eigenvalue weighted by Gasteiger charge is 2.16. The van der Waals surface area contributed by atoms with Gasteiger partial charge in [0.2, 0.25) is 0 Å². The molecule has 6 heteroatoms. The van der Waals surface area contributed by atoms with Crippen molar-refractivity contribution in [2.75, 3.05) is 0 Å². The minimum atomic E-state index is 0.419. The molecule has 0 spiro atoms. The fourth-order valence-electron chi connectivity index (χ4n) is 3.02. The molecule has 4 rings (SSSR count). The molecular weight excluding hydrogens is 384 g/mol. The first-order chi connectivity index (χ1) is 14.1. The number of rotatable bonds is 5. The van der Waals surface area contributed by atoms with Crippen molar-refractivity contribution in [1.82, 2.24) is 15.0 Å². The predicted octanol–water partition coefficient (Wildman–Crippen LogP) is 5.55. The van der Waals surface area contributed by atoms with Crippen molar-refractivity contribution < 1.29 is 4.74 Å². The first-order valence-corrected chi connectivity index (χ1v) is 9.41. The number of nitrogens with one attached hydrogen (secondary N) is 1. The summed E-state index contributed by atoms with van der Waals surface area (Å²) in [6.45, 7) is 2.30. The Morgan fingerprint density at radius 2 is 1.93 bits per heavy atom. The van der Waals surface area contributed by atoms with Gasteiger partial charge in [0.1, 0.15) is 18.2 Å². The van der Waals surface area contributed by atoms with Gasteiger partial charge in [-0.05, 0) is 36.8 Å². The third kappa shape index (κ3) is 4.13. The van der Waals surface area contributed by atoms with Gasteiger partial charge in [-0.3, -0.25) is 4.98 Å². The normalized spacial score (nSPS) is 10.5. The van der Waals surface area contributed by atoms with Gasteiger partial charge < -0.3 is 9.72 Å². The smallest absolute Gasteiger partial charge is 0.139 e. The van der Waals surface area contributed by atoms with E-state index in [1.807, 2.05) is 49.4 Å². The summed E-state index contributed by atoms with van der Waals surface area (Å²) in [5, 5.41) is 9.72. The Morgan fingerprint density at radius 3 is 2.72 bits per heavy atom. The summed E-state index contributed by atoms with van der Waals surface area (Å²) < 4.78 is 5.95. The van der Waals surface area contributed by atoms with Crippen LogP contribution in [0.2, 0.25) is 5.02 Å². The first kappa shape index (κ1) is 18.7. The summed E-state index contributed by atoms with van der Waals surface area (Å²) in [4.78, 5) is 12.3. The SMILES string of the molecule is Cc1nc(-c2ccc(Cl)c(OCc3ccccc3)c2)c(-c2cc(C#N)ccn2)[nH]1. The Hall–Kier alpha value is -3.62. The molecule has 142 valence electrons. The zero-order chi connectivity index (χ0) is 20.2. The third-order valence-corrected chi connectivity index (χ3v) is 4.72. The lowest BCUT2D eigenvalue weighted by atomic mass is 10.1. The Labute approximate surface area is 173 Å². The van der Waals surface area contributed by atoms with Crippen LogP contribution in [-0.4, -0.2) is 15.0 Å². The molecule has 5 nitrogen and oxygen atoms in total. The number of aromatic amines is 1. The van der Waals surface area contributed by atoms with E-state index in [4.69, 9.17) is 16.3 Å². The Kier molecular flexibility index (Phi) is 5.28. The van der Waals surface area contributed by atoms with Crippen LogP contribution in [0.4, 0.5) is 0 Å². The van der Waals surface area contributed by atoms with E-state index in [1.165, 1.54) is 0 Å². The van der Waals surface area contributed by atoms with Crippen molar-refractivity contribution >= 4 is 11.6 Å². The van der Waals surface area contributed by atoms with Crippen LogP contribution in [0.25, 0.3) is 22.6 Å². The van der Waals surface area contributed by atoms with Gasteiger partial charge in [-0.25, -0.2) is 4.98 Å². The summed E-state index contributed by atoms with van der Waals surface area (Å²) in [6, 6.07) is 21.0. The number of nitrogens with zero attached hydrogens (tertiary/aromatic N) is 3. The quantitative estimate of drug-likeness (QED) is 0.476. The van der Waals surface area contributed by atoms with E-state index < -0.39 is 0 Å². The average molecular weight is 401 g/mol. The molecule has 0 radical (unpaired) electrons. The second-order valence-electron chi connectivity index (χ2n) is 6.51. The molecular formula is C23H17ClN4O. The Morgan fingerprint density at radius 1 is 1.10 bits per heavy atom. The van der Waals surface area contributed by atoms with Crippen LogP contribution < -0.4 is 4.74 Å². The number of pyridine rings is 1. The Bertz CT molecular complexity index is 1200. The molecule has 0 bridgehead atoms. The second-order valence-corrected chi connectivity index (χ2v) is 6.91. The summed E-state index contributed by atoms with van der Waals surface area (Å²) in [6.07, 6.45) is 1.62. The highest BCUT2D eigenvalue weighted by Crippen LogP contribution is 2.34. The molecule has 0 aliphatic rings. The zero-order valence-corrected chi connectivity index (χ0v) is 16.4. The lowest BCUT2D eigenvalue weighted by molar-refractivity contribution is 0.306. The summed E-state index contributed by atoms with van der Waals surface area (Å²) in [7, 11) is 0. The number of nitriles is 1. The number of ether oxygens (including phenoxy) is 1. The monoisotopic (exact) mass is 400 g/mol. The van der Waals surface area contributed by atoms with Gasteiger partial charge in [0.05, 0.1) is 33.7 Å². The predicted molar refractivity (Wildman–Crippen MR) is 112 cm³/mol. The average Bonchev–Trinajstić information content (AvgIpc) is 3.15. The van der Waals surface area contributed by atoms with Gasteiger partial charge in [0.15, 0.2) is 0 Å². The van der Waals surface area contributed by atoms with E-state index in [0.717, 1.165) is 28.3 Å². The summed E-state index contributed by atoms with van der Waals surface area (Å²) >= 11 is 6.35. The van der Waals surface area contributed by atoms with Crippen LogP contribution in [0.3, 0.4) is 0 Å². The maximum Gasteiger partial charge on any atom is 0.139 e. The van der Waals surface area contributed by atoms with E-state index in [0.29, 0.717) is 28.6 Å². The van der Waals surface area contributed by atoms with Gasteiger partial charge in [-0.15, -0.1) is 0 Å². The fraction of sp³-hybridized carbons (Fsp3) is 0.0870. The number of aryl methyl sites for hydroxylation is 1. The van der Waals surface area contributed by atoms with Crippen molar-refractivity contribution in [2.45, 2.75) is 13.5 Å². The maximum absolute atomic E-state index is 9.19. The maximum atomic E-state index is 9.19. The van der Waals surface area contributed by atoms with E-state index >= 15 is 0 Å². The van der Waals surface area contributed by atoms with Crippen molar-refractivity contribution in [3.63, 3.8) is 0 Å². The van der Waals surface area contributed by atoms with Crippen LogP contribution in [0, 0.1) is 18.3 Å². The largest absolute Gasteiger partial charge is 0.487 e. The van der Waals surface area contributed by atoms with Crippen molar-refractivity contribution in [1.29, 1.82) is 5.26 Å². The Balaban J connectivity index is 1.69. The van der Waals surface area contributed by atoms with Crippen LogP contribution in [0.5, 0.6) is 5.75 Å². The molecule has 2 aromatic carbocycles. The highest BCUT2D eigenvalue weighted by atomic mass is 35.5. The third-order valence-electron chi connectivity index (χ3n) is 4.41. The minimum absolute atomic E-state index is 0.419. The van der Waals surface area contributed by atoms with Gasteiger partial charge in [0, 0.05) is 11.8 Å². The number of aromatic nitrogens is 3. The summed E-state index contributed by atoms with van der Waals surface area (Å²) in [5.74, 6) is 1.33. The molecule has 0 aliphatic carbocycles. The summed E-state index contributed by atoms with van der Waals surface area (Å²) in [5.41, 5.74) is 4.57. The molecule has 0 fully saturated rings. The van der Waals surface area contributed by atoms with Crippen LogP contribution >= 0.6 is 11.6 Å². The molecule has 0 amide bonds. The van der Waals surface area contributed by atoms with Gasteiger partial charge in [0.25, 0.3) is 0 Å². The van der Waals surface area contributed by atoms with Crippen LogP contribution in [-0.2, 0) is 6.61 Å². The number of imidazole rings is 1.